The molecule has 0 heterocycles. The van der Waals surface area contributed by atoms with Crippen LogP contribution in [-0.4, -0.2) is 19.3 Å². The zero-order chi connectivity index (χ0) is 10.6. The predicted molar refractivity (Wildman–Crippen MR) is 59.4 cm³/mol. The van der Waals surface area contributed by atoms with Gasteiger partial charge in [0.05, 0.1) is 5.60 Å². The monoisotopic (exact) mass is 193 g/mol. The molecule has 0 radical (unpaired) electrons. The van der Waals surface area contributed by atoms with E-state index in [1.54, 1.807) is 7.11 Å². The Balaban J connectivity index is 2.72. The quantitative estimate of drug-likeness (QED) is 0.792. The summed E-state index contributed by atoms with van der Waals surface area (Å²) in [5, 5.41) is 0. The van der Waals surface area contributed by atoms with Crippen LogP contribution in [0.3, 0.4) is 0 Å². The molecule has 1 aromatic rings. The number of nitrogens with two attached hydrogens (primary N) is 1. The van der Waals surface area contributed by atoms with Crippen LogP contribution in [0.5, 0.6) is 0 Å². The summed E-state index contributed by atoms with van der Waals surface area (Å²) in [6.07, 6.45) is 0.861. The summed E-state index contributed by atoms with van der Waals surface area (Å²) >= 11 is 0. The van der Waals surface area contributed by atoms with E-state index in [0.29, 0.717) is 6.54 Å². The van der Waals surface area contributed by atoms with Gasteiger partial charge in [-0.2, -0.15) is 0 Å². The standard InChI is InChI=1S/C12H19NO/c1-10-4-6-11(7-5-10)8-12(2,9-13)14-3/h4-7H,8-9,13H2,1-3H3. The molecule has 0 bridgehead atoms. The highest BCUT2D eigenvalue weighted by atomic mass is 16.5. The van der Waals surface area contributed by atoms with E-state index in [1.807, 2.05) is 6.92 Å². The van der Waals surface area contributed by atoms with Crippen molar-refractivity contribution >= 4 is 0 Å². The molecule has 0 amide bonds. The largest absolute Gasteiger partial charge is 0.377 e. The van der Waals surface area contributed by atoms with Crippen LogP contribution in [0.4, 0.5) is 0 Å². The molecule has 2 N–H and O–H groups in total. The summed E-state index contributed by atoms with van der Waals surface area (Å²) in [6.45, 7) is 4.66. The molecule has 78 valence electrons. The Morgan fingerprint density at radius 1 is 1.29 bits per heavy atom. The van der Waals surface area contributed by atoms with Crippen molar-refractivity contribution in [1.82, 2.24) is 0 Å². The molecule has 0 aliphatic carbocycles. The highest BCUT2D eigenvalue weighted by Crippen LogP contribution is 2.15. The summed E-state index contributed by atoms with van der Waals surface area (Å²) in [6, 6.07) is 8.48. The summed E-state index contributed by atoms with van der Waals surface area (Å²) < 4.78 is 5.40. The molecule has 2 nitrogen and oxygen atoms in total. The zero-order valence-corrected chi connectivity index (χ0v) is 9.21. The van der Waals surface area contributed by atoms with Gasteiger partial charge in [0.2, 0.25) is 0 Å². The Hall–Kier alpha value is -0.860. The second kappa shape index (κ2) is 4.58. The van der Waals surface area contributed by atoms with Crippen LogP contribution >= 0.6 is 0 Å². The average Bonchev–Trinajstić information content (AvgIpc) is 2.21. The minimum atomic E-state index is -0.241. The SMILES string of the molecule is COC(C)(CN)Cc1ccc(C)cc1. The molecule has 0 saturated heterocycles. The van der Waals surface area contributed by atoms with Crippen molar-refractivity contribution in [3.8, 4) is 0 Å². The molecule has 14 heavy (non-hydrogen) atoms. The molecule has 1 atom stereocenters. The van der Waals surface area contributed by atoms with Gasteiger partial charge in [-0.25, -0.2) is 0 Å². The lowest BCUT2D eigenvalue weighted by Gasteiger charge is -2.26. The number of benzene rings is 1. The number of methoxy groups -OCH3 is 1. The van der Waals surface area contributed by atoms with Crippen molar-refractivity contribution in [2.75, 3.05) is 13.7 Å². The third kappa shape index (κ3) is 2.82. The smallest absolute Gasteiger partial charge is 0.0812 e. The first-order valence-corrected chi connectivity index (χ1v) is 4.90. The topological polar surface area (TPSA) is 35.2 Å². The predicted octanol–water partition coefficient (Wildman–Crippen LogP) is 1.90. The third-order valence-electron chi connectivity index (χ3n) is 2.62. The molecule has 1 rings (SSSR count). The number of hydrogen-bond donors (Lipinski definition) is 1. The van der Waals surface area contributed by atoms with Crippen LogP contribution in [0.15, 0.2) is 24.3 Å². The fourth-order valence-electron chi connectivity index (χ4n) is 1.37. The molecule has 1 unspecified atom stereocenters. The second-order valence-corrected chi connectivity index (χ2v) is 4.02. The summed E-state index contributed by atoms with van der Waals surface area (Å²) in [5.41, 5.74) is 7.98. The van der Waals surface area contributed by atoms with Crippen molar-refractivity contribution < 1.29 is 4.74 Å². The average molecular weight is 193 g/mol. The second-order valence-electron chi connectivity index (χ2n) is 4.02. The first kappa shape index (κ1) is 11.2. The van der Waals surface area contributed by atoms with E-state index in [0.717, 1.165) is 6.42 Å². The van der Waals surface area contributed by atoms with E-state index in [4.69, 9.17) is 10.5 Å². The van der Waals surface area contributed by atoms with Gasteiger partial charge in [-0.05, 0) is 19.4 Å². The molecular weight excluding hydrogens is 174 g/mol. The minimum Gasteiger partial charge on any atom is -0.377 e. The van der Waals surface area contributed by atoms with Crippen molar-refractivity contribution in [2.24, 2.45) is 5.73 Å². The van der Waals surface area contributed by atoms with Gasteiger partial charge < -0.3 is 10.5 Å². The van der Waals surface area contributed by atoms with Crippen molar-refractivity contribution in [2.45, 2.75) is 25.9 Å². The fourth-order valence-corrected chi connectivity index (χ4v) is 1.37. The van der Waals surface area contributed by atoms with Gasteiger partial charge in [0.25, 0.3) is 0 Å². The molecular formula is C12H19NO. The van der Waals surface area contributed by atoms with Gasteiger partial charge >= 0.3 is 0 Å². The lowest BCUT2D eigenvalue weighted by atomic mass is 9.96. The molecule has 2 heteroatoms. The first-order chi connectivity index (χ1) is 6.59. The normalized spacial score (nSPS) is 15.1. The zero-order valence-electron chi connectivity index (χ0n) is 9.21. The summed E-state index contributed by atoms with van der Waals surface area (Å²) in [4.78, 5) is 0. The van der Waals surface area contributed by atoms with Gasteiger partial charge in [-0.15, -0.1) is 0 Å². The highest BCUT2D eigenvalue weighted by Gasteiger charge is 2.21. The van der Waals surface area contributed by atoms with Crippen LogP contribution in [0, 0.1) is 6.92 Å². The van der Waals surface area contributed by atoms with Gasteiger partial charge in [-0.3, -0.25) is 0 Å². The van der Waals surface area contributed by atoms with E-state index < -0.39 is 0 Å². The third-order valence-corrected chi connectivity index (χ3v) is 2.62. The first-order valence-electron chi connectivity index (χ1n) is 4.90. The van der Waals surface area contributed by atoms with Crippen LogP contribution in [-0.2, 0) is 11.2 Å². The fraction of sp³-hybridized carbons (Fsp3) is 0.500. The van der Waals surface area contributed by atoms with Gasteiger partial charge in [0.15, 0.2) is 0 Å². The molecule has 0 saturated carbocycles. The lowest BCUT2D eigenvalue weighted by Crippen LogP contribution is -2.38. The lowest BCUT2D eigenvalue weighted by molar-refractivity contribution is 0.0143. The molecule has 0 spiro atoms. The Kier molecular flexibility index (Phi) is 3.67. The Morgan fingerprint density at radius 3 is 2.29 bits per heavy atom. The van der Waals surface area contributed by atoms with Crippen molar-refractivity contribution in [3.63, 3.8) is 0 Å². The van der Waals surface area contributed by atoms with Crippen molar-refractivity contribution in [3.05, 3.63) is 35.4 Å². The molecule has 0 aromatic heterocycles. The van der Waals surface area contributed by atoms with Crippen LogP contribution in [0.25, 0.3) is 0 Å². The minimum absolute atomic E-state index is 0.241. The molecule has 1 aromatic carbocycles. The van der Waals surface area contributed by atoms with Gasteiger partial charge in [0, 0.05) is 20.1 Å². The maximum atomic E-state index is 5.67. The van der Waals surface area contributed by atoms with E-state index in [2.05, 4.69) is 31.2 Å². The Morgan fingerprint density at radius 2 is 1.86 bits per heavy atom. The molecule has 0 aliphatic rings. The molecule has 0 aliphatic heterocycles. The Bertz CT molecular complexity index is 275. The highest BCUT2D eigenvalue weighted by molar-refractivity contribution is 5.22. The van der Waals surface area contributed by atoms with Crippen LogP contribution in [0.2, 0.25) is 0 Å². The van der Waals surface area contributed by atoms with E-state index in [9.17, 15) is 0 Å². The van der Waals surface area contributed by atoms with Gasteiger partial charge in [-0.1, -0.05) is 29.8 Å². The summed E-state index contributed by atoms with van der Waals surface area (Å²) in [7, 11) is 1.71. The van der Waals surface area contributed by atoms with E-state index >= 15 is 0 Å². The van der Waals surface area contributed by atoms with Gasteiger partial charge in [0.1, 0.15) is 0 Å². The van der Waals surface area contributed by atoms with E-state index in [1.165, 1.54) is 11.1 Å². The maximum Gasteiger partial charge on any atom is 0.0812 e. The van der Waals surface area contributed by atoms with Crippen LogP contribution < -0.4 is 5.73 Å². The number of rotatable bonds is 4. The molecule has 0 fully saturated rings. The number of hydrogen-bond acceptors (Lipinski definition) is 2. The van der Waals surface area contributed by atoms with Crippen molar-refractivity contribution in [1.29, 1.82) is 0 Å². The Labute approximate surface area is 86.1 Å². The maximum absolute atomic E-state index is 5.67. The van der Waals surface area contributed by atoms with Crippen LogP contribution in [0.1, 0.15) is 18.1 Å². The number of ether oxygens (including phenoxy) is 1. The van der Waals surface area contributed by atoms with E-state index in [-0.39, 0.29) is 5.60 Å². The number of aryl methyl sites for hydroxylation is 1. The summed E-state index contributed by atoms with van der Waals surface area (Å²) in [5.74, 6) is 0.